The van der Waals surface area contributed by atoms with Gasteiger partial charge in [0.1, 0.15) is 5.82 Å². The number of hydrogen-bond donors (Lipinski definition) is 1. The van der Waals surface area contributed by atoms with Gasteiger partial charge in [-0.15, -0.1) is 0 Å². The van der Waals surface area contributed by atoms with E-state index in [4.69, 9.17) is 23.2 Å². The molecule has 2 nitrogen and oxygen atoms in total. The predicted octanol–water partition coefficient (Wildman–Crippen LogP) is 4.80. The van der Waals surface area contributed by atoms with Gasteiger partial charge in [0.15, 0.2) is 0 Å². The van der Waals surface area contributed by atoms with Crippen molar-refractivity contribution in [2.45, 2.75) is 5.75 Å². The molecule has 0 heterocycles. The Bertz CT molecular complexity index is 666. The van der Waals surface area contributed by atoms with Gasteiger partial charge in [-0.2, -0.15) is 11.8 Å². The van der Waals surface area contributed by atoms with Gasteiger partial charge in [-0.05, 0) is 35.9 Å². The molecular formula is C16H14Cl2FNOS. The quantitative estimate of drug-likeness (QED) is 0.752. The second-order valence-corrected chi connectivity index (χ2v) is 6.49. The van der Waals surface area contributed by atoms with E-state index in [9.17, 15) is 9.18 Å². The minimum Gasteiger partial charge on any atom is -0.351 e. The molecule has 0 saturated heterocycles. The lowest BCUT2D eigenvalue weighted by molar-refractivity contribution is 0.0955. The molecule has 0 aliphatic rings. The van der Waals surface area contributed by atoms with Gasteiger partial charge in [0, 0.05) is 23.6 Å². The molecule has 0 fully saturated rings. The Labute approximate surface area is 143 Å². The first-order valence-corrected chi connectivity index (χ1v) is 8.53. The average molecular weight is 358 g/mol. The van der Waals surface area contributed by atoms with Crippen molar-refractivity contribution in [1.82, 2.24) is 5.32 Å². The van der Waals surface area contributed by atoms with E-state index in [-0.39, 0.29) is 5.91 Å². The van der Waals surface area contributed by atoms with Crippen LogP contribution in [0.5, 0.6) is 0 Å². The zero-order valence-electron chi connectivity index (χ0n) is 11.6. The summed E-state index contributed by atoms with van der Waals surface area (Å²) >= 11 is 13.5. The van der Waals surface area contributed by atoms with E-state index in [2.05, 4.69) is 5.32 Å². The zero-order valence-corrected chi connectivity index (χ0v) is 13.9. The van der Waals surface area contributed by atoms with Crippen LogP contribution in [0.25, 0.3) is 0 Å². The number of rotatable bonds is 6. The summed E-state index contributed by atoms with van der Waals surface area (Å²) in [5.41, 5.74) is 1.41. The smallest absolute Gasteiger partial charge is 0.251 e. The Hall–Kier alpha value is -1.23. The van der Waals surface area contributed by atoms with Gasteiger partial charge in [0.05, 0.1) is 10.0 Å². The second kappa shape index (κ2) is 8.42. The summed E-state index contributed by atoms with van der Waals surface area (Å²) in [6.07, 6.45) is 0. The number of thioether (sulfide) groups is 1. The first kappa shape index (κ1) is 17.1. The predicted molar refractivity (Wildman–Crippen MR) is 91.4 cm³/mol. The van der Waals surface area contributed by atoms with E-state index in [1.165, 1.54) is 18.2 Å². The van der Waals surface area contributed by atoms with Crippen LogP contribution in [0.2, 0.25) is 10.0 Å². The lowest BCUT2D eigenvalue weighted by Gasteiger charge is -2.06. The number of nitrogens with one attached hydrogen (secondary N) is 1. The third kappa shape index (κ3) is 5.20. The minimum absolute atomic E-state index is 0.269. The first-order valence-electron chi connectivity index (χ1n) is 6.61. The van der Waals surface area contributed by atoms with E-state index in [0.717, 1.165) is 17.1 Å². The number of hydrogen-bond acceptors (Lipinski definition) is 2. The van der Waals surface area contributed by atoms with Crippen LogP contribution in [0, 0.1) is 5.82 Å². The Morgan fingerprint density at radius 3 is 2.68 bits per heavy atom. The van der Waals surface area contributed by atoms with Crippen LogP contribution >= 0.6 is 35.0 Å². The van der Waals surface area contributed by atoms with Crippen molar-refractivity contribution in [3.63, 3.8) is 0 Å². The minimum atomic E-state index is -0.415. The fourth-order valence-electron chi connectivity index (χ4n) is 1.79. The van der Waals surface area contributed by atoms with E-state index in [0.29, 0.717) is 22.2 Å². The fourth-order valence-corrected chi connectivity index (χ4v) is 2.91. The molecule has 0 radical (unpaired) electrons. The fraction of sp³-hybridized carbons (Fsp3) is 0.188. The highest BCUT2D eigenvalue weighted by molar-refractivity contribution is 7.98. The number of carbonyl (C=O) groups excluding carboxylic acids is 1. The van der Waals surface area contributed by atoms with Crippen LogP contribution in [0.4, 0.5) is 4.39 Å². The molecule has 116 valence electrons. The highest BCUT2D eigenvalue weighted by Gasteiger charge is 2.05. The van der Waals surface area contributed by atoms with E-state index >= 15 is 0 Å². The molecule has 0 atom stereocenters. The Morgan fingerprint density at radius 1 is 1.14 bits per heavy atom. The average Bonchev–Trinajstić information content (AvgIpc) is 2.50. The highest BCUT2D eigenvalue weighted by atomic mass is 35.5. The summed E-state index contributed by atoms with van der Waals surface area (Å²) < 4.78 is 13.0. The molecular weight excluding hydrogens is 344 g/mol. The van der Waals surface area contributed by atoms with Crippen molar-refractivity contribution in [3.05, 3.63) is 69.5 Å². The maximum Gasteiger partial charge on any atom is 0.251 e. The van der Waals surface area contributed by atoms with Crippen molar-refractivity contribution in [1.29, 1.82) is 0 Å². The molecule has 2 aromatic rings. The van der Waals surface area contributed by atoms with Crippen LogP contribution in [0.3, 0.4) is 0 Å². The highest BCUT2D eigenvalue weighted by Crippen LogP contribution is 2.24. The van der Waals surface area contributed by atoms with Crippen molar-refractivity contribution >= 4 is 40.9 Å². The molecule has 0 aliphatic heterocycles. The van der Waals surface area contributed by atoms with Crippen LogP contribution < -0.4 is 5.32 Å². The second-order valence-electron chi connectivity index (χ2n) is 4.57. The Kier molecular flexibility index (Phi) is 6.55. The standard InChI is InChI=1S/C16H14Cl2FNOS/c17-14-5-4-11(8-15(14)18)10-22-7-6-20-16(21)12-2-1-3-13(19)9-12/h1-5,8-9H,6-7,10H2,(H,20,21). The van der Waals surface area contributed by atoms with Gasteiger partial charge >= 0.3 is 0 Å². The largest absolute Gasteiger partial charge is 0.351 e. The van der Waals surface area contributed by atoms with Crippen LogP contribution in [-0.4, -0.2) is 18.2 Å². The summed E-state index contributed by atoms with van der Waals surface area (Å²) in [4.78, 5) is 11.8. The number of halogens is 3. The molecule has 6 heteroatoms. The Morgan fingerprint density at radius 2 is 1.95 bits per heavy atom. The van der Waals surface area contributed by atoms with Crippen LogP contribution in [0.15, 0.2) is 42.5 Å². The van der Waals surface area contributed by atoms with E-state index in [1.54, 1.807) is 23.9 Å². The maximum absolute atomic E-state index is 13.0. The molecule has 2 aromatic carbocycles. The summed E-state index contributed by atoms with van der Waals surface area (Å²) in [5, 5.41) is 3.84. The summed E-state index contributed by atoms with van der Waals surface area (Å²) in [6.45, 7) is 0.515. The molecule has 1 amide bonds. The molecule has 0 aromatic heterocycles. The van der Waals surface area contributed by atoms with Gasteiger partial charge < -0.3 is 5.32 Å². The van der Waals surface area contributed by atoms with Gasteiger partial charge in [-0.3, -0.25) is 4.79 Å². The normalized spacial score (nSPS) is 10.5. The molecule has 0 unspecified atom stereocenters. The molecule has 0 aliphatic carbocycles. The van der Waals surface area contributed by atoms with Gasteiger partial charge in [0.2, 0.25) is 0 Å². The van der Waals surface area contributed by atoms with Crippen molar-refractivity contribution in [3.8, 4) is 0 Å². The van der Waals surface area contributed by atoms with Crippen LogP contribution in [-0.2, 0) is 5.75 Å². The number of carbonyl (C=O) groups is 1. The zero-order chi connectivity index (χ0) is 15.9. The topological polar surface area (TPSA) is 29.1 Å². The number of benzene rings is 2. The molecule has 0 spiro atoms. The van der Waals surface area contributed by atoms with E-state index < -0.39 is 5.82 Å². The van der Waals surface area contributed by atoms with Gasteiger partial charge in [0.25, 0.3) is 5.91 Å². The molecule has 1 N–H and O–H groups in total. The summed E-state index contributed by atoms with van der Waals surface area (Å²) in [7, 11) is 0. The van der Waals surface area contributed by atoms with Crippen molar-refractivity contribution in [2.75, 3.05) is 12.3 Å². The van der Waals surface area contributed by atoms with Gasteiger partial charge in [-0.1, -0.05) is 35.3 Å². The van der Waals surface area contributed by atoms with Crippen LogP contribution in [0.1, 0.15) is 15.9 Å². The summed E-state index contributed by atoms with van der Waals surface area (Å²) in [6, 6.07) is 11.2. The lowest BCUT2D eigenvalue weighted by atomic mass is 10.2. The molecule has 2 rings (SSSR count). The van der Waals surface area contributed by atoms with Gasteiger partial charge in [-0.25, -0.2) is 4.39 Å². The third-order valence-corrected chi connectivity index (χ3v) is 4.64. The van der Waals surface area contributed by atoms with Crippen molar-refractivity contribution in [2.24, 2.45) is 0 Å². The molecule has 0 bridgehead atoms. The SMILES string of the molecule is O=C(NCCSCc1ccc(Cl)c(Cl)c1)c1cccc(F)c1. The number of amides is 1. The summed E-state index contributed by atoms with van der Waals surface area (Å²) in [5.74, 6) is 0.852. The Balaban J connectivity index is 1.71. The maximum atomic E-state index is 13.0. The van der Waals surface area contributed by atoms with E-state index in [1.807, 2.05) is 12.1 Å². The third-order valence-electron chi connectivity index (χ3n) is 2.87. The lowest BCUT2D eigenvalue weighted by Crippen LogP contribution is -2.25. The molecule has 0 saturated carbocycles. The monoisotopic (exact) mass is 357 g/mol. The first-order chi connectivity index (χ1) is 10.6. The van der Waals surface area contributed by atoms with Crippen molar-refractivity contribution < 1.29 is 9.18 Å². The molecule has 22 heavy (non-hydrogen) atoms.